The van der Waals surface area contributed by atoms with E-state index in [1.165, 1.54) is 18.9 Å². The summed E-state index contributed by atoms with van der Waals surface area (Å²) in [4.78, 5) is 18.7. The number of fused-ring (bicyclic) bond motifs is 1. The Labute approximate surface area is 221 Å². The molecule has 3 aromatic rings. The molecule has 1 fully saturated rings. The third-order valence-corrected chi connectivity index (χ3v) is 8.15. The SMILES string of the molecule is COc1ccc2ncc(F)c(C(O)CCC3(C(=O)O)CCN(CCSc4cc(F)c(F)c(F)c4)CC3)c2c1. The first kappa shape index (κ1) is 28.1. The lowest BCUT2D eigenvalue weighted by Gasteiger charge is -2.39. The van der Waals surface area contributed by atoms with Gasteiger partial charge < -0.3 is 19.8 Å². The van der Waals surface area contributed by atoms with Gasteiger partial charge in [-0.25, -0.2) is 17.6 Å². The van der Waals surface area contributed by atoms with Crippen molar-refractivity contribution in [2.75, 3.05) is 32.5 Å². The maximum absolute atomic E-state index is 14.7. The van der Waals surface area contributed by atoms with Gasteiger partial charge in [0.1, 0.15) is 11.6 Å². The molecule has 38 heavy (non-hydrogen) atoms. The molecule has 1 atom stereocenters. The number of benzene rings is 2. The number of ether oxygens (including phenoxy) is 1. The minimum absolute atomic E-state index is 0.0527. The number of piperidine rings is 1. The Balaban J connectivity index is 1.36. The van der Waals surface area contributed by atoms with Crippen molar-refractivity contribution in [3.05, 3.63) is 65.4 Å². The van der Waals surface area contributed by atoms with E-state index < -0.39 is 40.8 Å². The number of aliphatic hydroxyl groups excluding tert-OH is 1. The summed E-state index contributed by atoms with van der Waals surface area (Å²) in [5.74, 6) is -4.63. The fourth-order valence-electron chi connectivity index (χ4n) is 4.87. The van der Waals surface area contributed by atoms with E-state index >= 15 is 0 Å². The van der Waals surface area contributed by atoms with Gasteiger partial charge in [-0.2, -0.15) is 0 Å². The minimum atomic E-state index is -1.50. The van der Waals surface area contributed by atoms with Gasteiger partial charge in [0.15, 0.2) is 17.5 Å². The zero-order valence-electron chi connectivity index (χ0n) is 20.7. The van der Waals surface area contributed by atoms with E-state index in [0.717, 1.165) is 18.3 Å². The molecule has 0 aliphatic carbocycles. The van der Waals surface area contributed by atoms with Crippen LogP contribution in [0.1, 0.15) is 37.4 Å². The highest BCUT2D eigenvalue weighted by molar-refractivity contribution is 7.99. The molecule has 11 heteroatoms. The number of aromatic nitrogens is 1. The van der Waals surface area contributed by atoms with E-state index in [1.54, 1.807) is 18.2 Å². The molecule has 204 valence electrons. The Morgan fingerprint density at radius 2 is 1.82 bits per heavy atom. The van der Waals surface area contributed by atoms with Gasteiger partial charge in [0.2, 0.25) is 0 Å². The highest BCUT2D eigenvalue weighted by atomic mass is 32.2. The molecule has 1 unspecified atom stereocenters. The van der Waals surface area contributed by atoms with Gasteiger partial charge in [-0.1, -0.05) is 0 Å². The van der Waals surface area contributed by atoms with E-state index in [0.29, 0.717) is 54.9 Å². The van der Waals surface area contributed by atoms with Crippen LogP contribution in [0.25, 0.3) is 10.9 Å². The number of aliphatic carboxylic acids is 1. The first-order valence-electron chi connectivity index (χ1n) is 12.2. The Morgan fingerprint density at radius 1 is 1.13 bits per heavy atom. The molecule has 0 amide bonds. The molecule has 6 nitrogen and oxygen atoms in total. The van der Waals surface area contributed by atoms with Crippen molar-refractivity contribution >= 4 is 28.6 Å². The zero-order chi connectivity index (χ0) is 27.4. The standard InChI is InChI=1S/C27H28F4N2O4S/c1-37-16-2-3-22-18(12-16)24(21(30)15-32-22)23(34)4-5-27(26(35)36)6-8-33(9-7-27)10-11-38-17-13-19(28)25(31)20(29)14-17/h2-3,12-15,23,34H,4-11H2,1H3,(H,35,36). The molecule has 0 saturated carbocycles. The average molecular weight is 553 g/mol. The molecule has 1 aromatic heterocycles. The lowest BCUT2D eigenvalue weighted by atomic mass is 9.74. The number of aliphatic hydroxyl groups is 1. The maximum atomic E-state index is 14.7. The van der Waals surface area contributed by atoms with Crippen LogP contribution in [0, 0.1) is 28.7 Å². The molecule has 1 saturated heterocycles. The van der Waals surface area contributed by atoms with Crippen molar-refractivity contribution in [3.63, 3.8) is 0 Å². The molecule has 0 radical (unpaired) electrons. The van der Waals surface area contributed by atoms with Crippen LogP contribution in [0.5, 0.6) is 5.75 Å². The fourth-order valence-corrected chi connectivity index (χ4v) is 5.83. The second-order valence-electron chi connectivity index (χ2n) is 9.43. The van der Waals surface area contributed by atoms with Gasteiger partial charge in [-0.15, -0.1) is 11.8 Å². The molecular formula is C27H28F4N2O4S. The van der Waals surface area contributed by atoms with Gasteiger partial charge >= 0.3 is 5.97 Å². The zero-order valence-corrected chi connectivity index (χ0v) is 21.5. The van der Waals surface area contributed by atoms with Crippen LogP contribution in [0.2, 0.25) is 0 Å². The number of likely N-dealkylation sites (tertiary alicyclic amines) is 1. The van der Waals surface area contributed by atoms with Crippen molar-refractivity contribution in [1.82, 2.24) is 9.88 Å². The average Bonchev–Trinajstić information content (AvgIpc) is 2.90. The van der Waals surface area contributed by atoms with Crippen molar-refractivity contribution in [2.45, 2.75) is 36.7 Å². The van der Waals surface area contributed by atoms with Crippen LogP contribution in [-0.4, -0.2) is 58.6 Å². The molecule has 2 N–H and O–H groups in total. The smallest absolute Gasteiger partial charge is 0.309 e. The first-order chi connectivity index (χ1) is 18.1. The predicted octanol–water partition coefficient (Wildman–Crippen LogP) is 5.57. The number of carboxylic acids is 1. The fraction of sp³-hybridized carbons (Fsp3) is 0.407. The van der Waals surface area contributed by atoms with E-state index in [-0.39, 0.29) is 23.3 Å². The van der Waals surface area contributed by atoms with Crippen molar-refractivity contribution < 1.29 is 37.3 Å². The largest absolute Gasteiger partial charge is 0.497 e. The Bertz CT molecular complexity index is 1290. The molecule has 1 aliphatic heterocycles. The van der Waals surface area contributed by atoms with Gasteiger partial charge in [-0.3, -0.25) is 9.78 Å². The van der Waals surface area contributed by atoms with Gasteiger partial charge in [0, 0.05) is 28.1 Å². The Morgan fingerprint density at radius 3 is 2.45 bits per heavy atom. The first-order valence-corrected chi connectivity index (χ1v) is 13.2. The van der Waals surface area contributed by atoms with Gasteiger partial charge in [0.05, 0.1) is 30.3 Å². The summed E-state index contributed by atoms with van der Waals surface area (Å²) in [5, 5.41) is 21.4. The monoisotopic (exact) mass is 552 g/mol. The lowest BCUT2D eigenvalue weighted by Crippen LogP contribution is -2.45. The predicted molar refractivity (Wildman–Crippen MR) is 135 cm³/mol. The van der Waals surface area contributed by atoms with Crippen molar-refractivity contribution in [1.29, 1.82) is 0 Å². The number of carboxylic acid groups (broad SMARTS) is 1. The third kappa shape index (κ3) is 6.05. The highest BCUT2D eigenvalue weighted by Crippen LogP contribution is 2.40. The van der Waals surface area contributed by atoms with Crippen LogP contribution in [0.15, 0.2) is 41.4 Å². The molecule has 2 heterocycles. The van der Waals surface area contributed by atoms with Gasteiger partial charge in [0.25, 0.3) is 0 Å². The highest BCUT2D eigenvalue weighted by Gasteiger charge is 2.41. The van der Waals surface area contributed by atoms with Crippen LogP contribution >= 0.6 is 11.8 Å². The summed E-state index contributed by atoms with van der Waals surface area (Å²) >= 11 is 1.19. The molecular weight excluding hydrogens is 524 g/mol. The topological polar surface area (TPSA) is 82.9 Å². The van der Waals surface area contributed by atoms with E-state index in [2.05, 4.69) is 9.88 Å². The van der Waals surface area contributed by atoms with Crippen LogP contribution in [0.4, 0.5) is 17.6 Å². The lowest BCUT2D eigenvalue weighted by molar-refractivity contribution is -0.153. The number of nitrogens with zero attached hydrogens (tertiary/aromatic N) is 2. The number of thioether (sulfide) groups is 1. The normalized spacial score (nSPS) is 16.5. The number of carbonyl (C=O) groups is 1. The summed E-state index contributed by atoms with van der Waals surface area (Å²) in [6.07, 6.45) is 0.713. The van der Waals surface area contributed by atoms with E-state index in [4.69, 9.17) is 4.74 Å². The van der Waals surface area contributed by atoms with Crippen LogP contribution < -0.4 is 4.74 Å². The van der Waals surface area contributed by atoms with E-state index in [1.807, 2.05) is 0 Å². The second-order valence-corrected chi connectivity index (χ2v) is 10.6. The van der Waals surface area contributed by atoms with Crippen LogP contribution in [0.3, 0.4) is 0 Å². The summed E-state index contributed by atoms with van der Waals surface area (Å²) < 4.78 is 59.9. The Kier molecular flexibility index (Phi) is 8.79. The molecule has 0 bridgehead atoms. The van der Waals surface area contributed by atoms with Crippen LogP contribution in [-0.2, 0) is 4.79 Å². The van der Waals surface area contributed by atoms with Gasteiger partial charge in [-0.05, 0) is 69.1 Å². The summed E-state index contributed by atoms with van der Waals surface area (Å²) in [5.41, 5.74) is -0.505. The third-order valence-electron chi connectivity index (χ3n) is 7.20. The van der Waals surface area contributed by atoms with Crippen molar-refractivity contribution in [3.8, 4) is 5.75 Å². The number of rotatable bonds is 10. The number of pyridine rings is 1. The van der Waals surface area contributed by atoms with Crippen molar-refractivity contribution in [2.24, 2.45) is 5.41 Å². The van der Waals surface area contributed by atoms with E-state index in [9.17, 15) is 32.6 Å². The minimum Gasteiger partial charge on any atom is -0.497 e. The molecule has 2 aromatic carbocycles. The second kappa shape index (κ2) is 11.9. The number of hydrogen-bond donors (Lipinski definition) is 2. The molecule has 0 spiro atoms. The summed E-state index contributed by atoms with van der Waals surface area (Å²) in [6, 6.07) is 6.85. The quantitative estimate of drug-likeness (QED) is 0.193. The molecule has 1 aliphatic rings. The number of hydrogen-bond acceptors (Lipinski definition) is 6. The number of methoxy groups -OCH3 is 1. The maximum Gasteiger partial charge on any atom is 0.309 e. The molecule has 4 rings (SSSR count). The summed E-state index contributed by atoms with van der Waals surface area (Å²) in [6.45, 7) is 1.53. The summed E-state index contributed by atoms with van der Waals surface area (Å²) in [7, 11) is 1.48. The Hall–Kier alpha value is -2.89. The number of halogens is 4.